The van der Waals surface area contributed by atoms with E-state index in [1.54, 1.807) is 13.8 Å². The minimum Gasteiger partial charge on any atom is -0.306 e. The monoisotopic (exact) mass is 285 g/mol. The molecule has 0 bridgehead atoms. The Hall–Kier alpha value is -1.66. The molecular weight excluding hydrogens is 277 g/mol. The molecule has 0 aliphatic carbocycles. The number of halogens is 2. The van der Waals surface area contributed by atoms with Crippen LogP contribution in [0, 0.1) is 13.8 Å². The number of amides is 1. The average Bonchev–Trinajstić information content (AvgIpc) is 2.56. The van der Waals surface area contributed by atoms with Gasteiger partial charge in [0.05, 0.1) is 11.3 Å². The zero-order valence-corrected chi connectivity index (χ0v) is 11.1. The smallest absolute Gasteiger partial charge is 0.260 e. The van der Waals surface area contributed by atoms with Crippen molar-refractivity contribution in [1.82, 2.24) is 20.2 Å². The predicted octanol–water partition coefficient (Wildman–Crippen LogP) is 2.38. The fourth-order valence-corrected chi connectivity index (χ4v) is 1.93. The van der Waals surface area contributed by atoms with Crippen LogP contribution in [0.3, 0.4) is 0 Å². The number of aryl methyl sites for hydroxylation is 2. The van der Waals surface area contributed by atoms with Crippen LogP contribution in [0.1, 0.15) is 21.7 Å². The highest BCUT2D eigenvalue weighted by Crippen LogP contribution is 2.16. The van der Waals surface area contributed by atoms with Crippen LogP contribution < -0.4 is 5.32 Å². The molecule has 0 fully saturated rings. The first-order valence-electron chi connectivity index (χ1n) is 5.00. The average molecular weight is 286 g/mol. The number of aromatic amines is 1. The van der Waals surface area contributed by atoms with Crippen LogP contribution >= 0.6 is 23.2 Å². The molecule has 2 heterocycles. The summed E-state index contributed by atoms with van der Waals surface area (Å²) in [6, 6.07) is 1.41. The summed E-state index contributed by atoms with van der Waals surface area (Å²) >= 11 is 11.4. The Morgan fingerprint density at radius 3 is 2.61 bits per heavy atom. The van der Waals surface area contributed by atoms with E-state index in [1.807, 2.05) is 0 Å². The maximum absolute atomic E-state index is 12.0. The van der Waals surface area contributed by atoms with Crippen molar-refractivity contribution < 1.29 is 4.79 Å². The van der Waals surface area contributed by atoms with E-state index in [9.17, 15) is 4.79 Å². The van der Waals surface area contributed by atoms with Gasteiger partial charge in [-0.25, -0.2) is 9.97 Å². The molecule has 2 aromatic heterocycles. The second-order valence-corrected chi connectivity index (χ2v) is 4.33. The Morgan fingerprint density at radius 1 is 1.33 bits per heavy atom. The molecule has 8 heteroatoms. The minimum atomic E-state index is -0.329. The lowest BCUT2D eigenvalue weighted by Gasteiger charge is -2.04. The van der Waals surface area contributed by atoms with Crippen LogP contribution in [-0.4, -0.2) is 26.1 Å². The minimum absolute atomic E-state index is 0.0292. The third-order valence-electron chi connectivity index (χ3n) is 2.26. The molecule has 2 N–H and O–H groups in total. The van der Waals surface area contributed by atoms with Gasteiger partial charge in [0.1, 0.15) is 11.0 Å². The van der Waals surface area contributed by atoms with Gasteiger partial charge in [-0.2, -0.15) is 5.10 Å². The van der Waals surface area contributed by atoms with Gasteiger partial charge in [-0.05, 0) is 25.4 Å². The summed E-state index contributed by atoms with van der Waals surface area (Å²) in [4.78, 5) is 19.6. The molecule has 0 atom stereocenters. The number of nitrogens with zero attached hydrogens (tertiary/aromatic N) is 3. The first-order chi connectivity index (χ1) is 8.47. The highest BCUT2D eigenvalue weighted by Gasteiger charge is 2.16. The lowest BCUT2D eigenvalue weighted by Crippen LogP contribution is -2.15. The molecule has 0 spiro atoms. The van der Waals surface area contributed by atoms with Gasteiger partial charge in [-0.3, -0.25) is 9.89 Å². The summed E-state index contributed by atoms with van der Waals surface area (Å²) in [5.41, 5.74) is 1.76. The summed E-state index contributed by atoms with van der Waals surface area (Å²) in [5, 5.41) is 9.39. The Labute approximate surface area is 113 Å². The summed E-state index contributed by atoms with van der Waals surface area (Å²) in [6.07, 6.45) is 0. The fourth-order valence-electron chi connectivity index (χ4n) is 1.52. The number of hydrogen-bond donors (Lipinski definition) is 2. The molecule has 2 aromatic rings. The van der Waals surface area contributed by atoms with Gasteiger partial charge in [0, 0.05) is 11.8 Å². The number of hydrogen-bond acceptors (Lipinski definition) is 4. The van der Waals surface area contributed by atoms with Gasteiger partial charge >= 0.3 is 0 Å². The van der Waals surface area contributed by atoms with E-state index in [2.05, 4.69) is 25.5 Å². The van der Waals surface area contributed by atoms with Gasteiger partial charge in [-0.15, -0.1) is 0 Å². The number of H-pyrrole nitrogens is 1. The van der Waals surface area contributed by atoms with Crippen molar-refractivity contribution in [2.75, 3.05) is 5.32 Å². The lowest BCUT2D eigenvalue weighted by molar-refractivity contribution is 0.102. The second kappa shape index (κ2) is 4.91. The van der Waals surface area contributed by atoms with Gasteiger partial charge < -0.3 is 5.32 Å². The van der Waals surface area contributed by atoms with Gasteiger partial charge in [-0.1, -0.05) is 11.6 Å². The second-order valence-electron chi connectivity index (χ2n) is 3.61. The third-order valence-corrected chi connectivity index (χ3v) is 2.63. The van der Waals surface area contributed by atoms with Gasteiger partial charge in [0.15, 0.2) is 0 Å². The van der Waals surface area contributed by atoms with E-state index in [1.165, 1.54) is 6.07 Å². The summed E-state index contributed by atoms with van der Waals surface area (Å²) < 4.78 is 0. The highest BCUT2D eigenvalue weighted by atomic mass is 35.5. The van der Waals surface area contributed by atoms with Gasteiger partial charge in [0.2, 0.25) is 5.28 Å². The molecule has 0 saturated carbocycles. The molecule has 0 radical (unpaired) electrons. The maximum atomic E-state index is 12.0. The van der Waals surface area contributed by atoms with E-state index >= 15 is 0 Å². The molecule has 18 heavy (non-hydrogen) atoms. The summed E-state index contributed by atoms with van der Waals surface area (Å²) in [6.45, 7) is 3.49. The molecule has 0 aliphatic rings. The van der Waals surface area contributed by atoms with Crippen molar-refractivity contribution >= 4 is 34.9 Å². The summed E-state index contributed by atoms with van der Waals surface area (Å²) in [5.74, 6) is -0.0883. The predicted molar refractivity (Wildman–Crippen MR) is 68.1 cm³/mol. The van der Waals surface area contributed by atoms with Crippen molar-refractivity contribution in [3.8, 4) is 0 Å². The van der Waals surface area contributed by atoms with Crippen LogP contribution in [0.15, 0.2) is 6.07 Å². The molecule has 0 unspecified atom stereocenters. The molecule has 1 amide bonds. The summed E-state index contributed by atoms with van der Waals surface area (Å²) in [7, 11) is 0. The van der Waals surface area contributed by atoms with Crippen LogP contribution in [0.5, 0.6) is 0 Å². The van der Waals surface area contributed by atoms with Crippen LogP contribution in [0.4, 0.5) is 5.82 Å². The molecule has 94 valence electrons. The molecule has 2 rings (SSSR count). The number of nitrogens with one attached hydrogen (secondary N) is 2. The third kappa shape index (κ3) is 2.60. The fraction of sp³-hybridized carbons (Fsp3) is 0.200. The first kappa shape index (κ1) is 12.8. The Morgan fingerprint density at radius 2 is 2.06 bits per heavy atom. The largest absolute Gasteiger partial charge is 0.306 e. The van der Waals surface area contributed by atoms with E-state index in [-0.39, 0.29) is 22.2 Å². The number of anilines is 1. The first-order valence-corrected chi connectivity index (χ1v) is 5.76. The number of carbonyl (C=O) groups excluding carboxylic acids is 1. The van der Waals surface area contributed by atoms with Crippen molar-refractivity contribution in [1.29, 1.82) is 0 Å². The number of rotatable bonds is 2. The maximum Gasteiger partial charge on any atom is 0.260 e. The van der Waals surface area contributed by atoms with Crippen LogP contribution in [-0.2, 0) is 0 Å². The van der Waals surface area contributed by atoms with Gasteiger partial charge in [0.25, 0.3) is 5.91 Å². The van der Waals surface area contributed by atoms with E-state index in [0.29, 0.717) is 17.0 Å². The van der Waals surface area contributed by atoms with Crippen LogP contribution in [0.25, 0.3) is 0 Å². The normalized spacial score (nSPS) is 10.4. The Balaban J connectivity index is 2.27. The Kier molecular flexibility index (Phi) is 3.49. The topological polar surface area (TPSA) is 83.6 Å². The number of carbonyl (C=O) groups is 1. The Bertz CT molecular complexity index is 571. The number of aromatic nitrogens is 4. The SMILES string of the molecule is Cc1n[nH]c(C)c1C(=O)Nc1cc(Cl)nc(Cl)n1. The lowest BCUT2D eigenvalue weighted by atomic mass is 10.2. The van der Waals surface area contributed by atoms with Crippen molar-refractivity contribution in [2.24, 2.45) is 0 Å². The van der Waals surface area contributed by atoms with E-state index in [0.717, 1.165) is 0 Å². The quantitative estimate of drug-likeness (QED) is 0.655. The van der Waals surface area contributed by atoms with Crippen molar-refractivity contribution in [3.05, 3.63) is 33.5 Å². The zero-order chi connectivity index (χ0) is 13.3. The molecule has 0 saturated heterocycles. The molecule has 0 aliphatic heterocycles. The van der Waals surface area contributed by atoms with Crippen molar-refractivity contribution in [2.45, 2.75) is 13.8 Å². The molecular formula is C10H9Cl2N5O. The highest BCUT2D eigenvalue weighted by molar-refractivity contribution is 6.32. The zero-order valence-electron chi connectivity index (χ0n) is 9.58. The molecule has 0 aromatic carbocycles. The van der Waals surface area contributed by atoms with Crippen molar-refractivity contribution in [3.63, 3.8) is 0 Å². The standard InChI is InChI=1S/C10H9Cl2N5O/c1-4-8(5(2)17-16-4)9(18)14-7-3-6(11)13-10(12)15-7/h3H,1-2H3,(H,16,17)(H,13,14,15,18). The molecule has 6 nitrogen and oxygen atoms in total. The van der Waals surface area contributed by atoms with E-state index < -0.39 is 0 Å². The van der Waals surface area contributed by atoms with E-state index in [4.69, 9.17) is 23.2 Å². The van der Waals surface area contributed by atoms with Crippen LogP contribution in [0.2, 0.25) is 10.4 Å².